The molecule has 0 bridgehead atoms. The summed E-state index contributed by atoms with van der Waals surface area (Å²) in [6.45, 7) is 1.71. The molecule has 1 aromatic rings. The van der Waals surface area contributed by atoms with Crippen molar-refractivity contribution in [3.63, 3.8) is 0 Å². The lowest BCUT2D eigenvalue weighted by atomic mass is 10.1. The Labute approximate surface area is 89.1 Å². The summed E-state index contributed by atoms with van der Waals surface area (Å²) in [4.78, 5) is 13.4. The molecular weight excluding hydrogens is 192 g/mol. The number of rotatable bonds is 1. The molecule has 0 aromatic carbocycles. The molecule has 1 amide bonds. The van der Waals surface area contributed by atoms with Crippen LogP contribution in [0, 0.1) is 0 Å². The highest BCUT2D eigenvalue weighted by molar-refractivity contribution is 5.93. The van der Waals surface area contributed by atoms with Crippen molar-refractivity contribution < 1.29 is 4.79 Å². The number of nitrogens with one attached hydrogen (secondary N) is 1. The average molecular weight is 208 g/mol. The lowest BCUT2D eigenvalue weighted by Crippen LogP contribution is -2.28. The van der Waals surface area contributed by atoms with Gasteiger partial charge in [0, 0.05) is 51.9 Å². The Morgan fingerprint density at radius 2 is 2.27 bits per heavy atom. The standard InChI is InChI=1S/C10H16N4O/c1-13(2)10(15)9-7-6-11-5-4-8(7)14(3)12-9/h11H,4-6H2,1-3H3. The number of carbonyl (C=O) groups is 1. The van der Waals surface area contributed by atoms with Crippen LogP contribution >= 0.6 is 0 Å². The van der Waals surface area contributed by atoms with Gasteiger partial charge in [-0.05, 0) is 0 Å². The third-order valence-electron chi connectivity index (χ3n) is 2.72. The van der Waals surface area contributed by atoms with Crippen LogP contribution in [0.2, 0.25) is 0 Å². The molecule has 0 atom stereocenters. The maximum absolute atomic E-state index is 11.9. The van der Waals surface area contributed by atoms with E-state index in [1.54, 1.807) is 19.0 Å². The summed E-state index contributed by atoms with van der Waals surface area (Å²) in [6, 6.07) is 0. The normalized spacial score (nSPS) is 14.9. The molecule has 1 aliphatic rings. The Hall–Kier alpha value is -1.36. The van der Waals surface area contributed by atoms with Crippen LogP contribution in [0.15, 0.2) is 0 Å². The molecule has 82 valence electrons. The van der Waals surface area contributed by atoms with Crippen LogP contribution in [-0.2, 0) is 20.0 Å². The average Bonchev–Trinajstić information content (AvgIpc) is 2.56. The zero-order valence-corrected chi connectivity index (χ0v) is 9.37. The molecular formula is C10H16N4O. The van der Waals surface area contributed by atoms with Crippen molar-refractivity contribution in [2.24, 2.45) is 7.05 Å². The van der Waals surface area contributed by atoms with Crippen molar-refractivity contribution >= 4 is 5.91 Å². The third kappa shape index (κ3) is 1.63. The maximum Gasteiger partial charge on any atom is 0.274 e. The Morgan fingerprint density at radius 3 is 2.93 bits per heavy atom. The number of carbonyl (C=O) groups excluding carboxylic acids is 1. The smallest absolute Gasteiger partial charge is 0.274 e. The van der Waals surface area contributed by atoms with Crippen LogP contribution in [-0.4, -0.2) is 41.2 Å². The number of nitrogens with zero attached hydrogens (tertiary/aromatic N) is 3. The maximum atomic E-state index is 11.9. The van der Waals surface area contributed by atoms with Gasteiger partial charge in [0.1, 0.15) is 0 Å². The molecule has 5 heteroatoms. The second-order valence-electron chi connectivity index (χ2n) is 4.02. The summed E-state index contributed by atoms with van der Waals surface area (Å²) in [5.41, 5.74) is 2.83. The van der Waals surface area contributed by atoms with Crippen LogP contribution in [0.1, 0.15) is 21.7 Å². The van der Waals surface area contributed by atoms with Crippen molar-refractivity contribution in [1.82, 2.24) is 20.0 Å². The van der Waals surface area contributed by atoms with E-state index in [0.717, 1.165) is 25.1 Å². The van der Waals surface area contributed by atoms with Crippen molar-refractivity contribution in [3.05, 3.63) is 17.0 Å². The van der Waals surface area contributed by atoms with Crippen LogP contribution < -0.4 is 5.32 Å². The van der Waals surface area contributed by atoms with Crippen molar-refractivity contribution in [1.29, 1.82) is 0 Å². The SMILES string of the molecule is CN(C)C(=O)c1nn(C)c2c1CNCC2. The topological polar surface area (TPSA) is 50.2 Å². The van der Waals surface area contributed by atoms with Crippen LogP contribution in [0.5, 0.6) is 0 Å². The van der Waals surface area contributed by atoms with E-state index in [1.165, 1.54) is 5.69 Å². The van der Waals surface area contributed by atoms with Gasteiger partial charge in [-0.2, -0.15) is 5.10 Å². The minimum atomic E-state index is -0.0180. The zero-order chi connectivity index (χ0) is 11.0. The molecule has 2 heterocycles. The fourth-order valence-corrected chi connectivity index (χ4v) is 1.90. The number of fused-ring (bicyclic) bond motifs is 1. The summed E-state index contributed by atoms with van der Waals surface area (Å²) in [7, 11) is 5.40. The van der Waals surface area contributed by atoms with E-state index in [4.69, 9.17) is 0 Å². The number of aromatic nitrogens is 2. The molecule has 0 saturated heterocycles. The molecule has 2 rings (SSSR count). The van der Waals surface area contributed by atoms with E-state index in [0.29, 0.717) is 5.69 Å². The van der Waals surface area contributed by atoms with Crippen LogP contribution in [0.3, 0.4) is 0 Å². The predicted molar refractivity (Wildman–Crippen MR) is 56.6 cm³/mol. The highest BCUT2D eigenvalue weighted by atomic mass is 16.2. The Balaban J connectivity index is 2.44. The second kappa shape index (κ2) is 3.66. The van der Waals surface area contributed by atoms with Gasteiger partial charge >= 0.3 is 0 Å². The molecule has 0 saturated carbocycles. The lowest BCUT2D eigenvalue weighted by Gasteiger charge is -2.15. The van der Waals surface area contributed by atoms with Crippen molar-refractivity contribution in [3.8, 4) is 0 Å². The number of hydrogen-bond donors (Lipinski definition) is 1. The van der Waals surface area contributed by atoms with Gasteiger partial charge in [-0.25, -0.2) is 0 Å². The highest BCUT2D eigenvalue weighted by Gasteiger charge is 2.24. The predicted octanol–water partition coefficient (Wildman–Crippen LogP) is -0.232. The van der Waals surface area contributed by atoms with E-state index in [1.807, 2.05) is 11.7 Å². The first kappa shape index (κ1) is 10.2. The molecule has 0 fully saturated rings. The Morgan fingerprint density at radius 1 is 1.53 bits per heavy atom. The van der Waals surface area contributed by atoms with Gasteiger partial charge in [-0.3, -0.25) is 9.48 Å². The summed E-state index contributed by atoms with van der Waals surface area (Å²) in [5.74, 6) is -0.0180. The fourth-order valence-electron chi connectivity index (χ4n) is 1.90. The van der Waals surface area contributed by atoms with Gasteiger partial charge in [-0.1, -0.05) is 0 Å². The zero-order valence-electron chi connectivity index (χ0n) is 9.37. The molecule has 0 radical (unpaired) electrons. The number of hydrogen-bond acceptors (Lipinski definition) is 3. The molecule has 15 heavy (non-hydrogen) atoms. The first-order valence-corrected chi connectivity index (χ1v) is 5.08. The third-order valence-corrected chi connectivity index (χ3v) is 2.72. The van der Waals surface area contributed by atoms with E-state index >= 15 is 0 Å². The van der Waals surface area contributed by atoms with Gasteiger partial charge in [-0.15, -0.1) is 0 Å². The summed E-state index contributed by atoms with van der Waals surface area (Å²) < 4.78 is 1.83. The minimum Gasteiger partial charge on any atom is -0.343 e. The first-order valence-electron chi connectivity index (χ1n) is 5.08. The molecule has 0 spiro atoms. The summed E-state index contributed by atoms with van der Waals surface area (Å²) in [5, 5.41) is 7.56. The largest absolute Gasteiger partial charge is 0.343 e. The molecule has 0 aliphatic carbocycles. The second-order valence-corrected chi connectivity index (χ2v) is 4.02. The van der Waals surface area contributed by atoms with Gasteiger partial charge < -0.3 is 10.2 Å². The molecule has 1 aromatic heterocycles. The van der Waals surface area contributed by atoms with Gasteiger partial charge in [0.15, 0.2) is 5.69 Å². The quantitative estimate of drug-likeness (QED) is 0.693. The first-order chi connectivity index (χ1) is 7.11. The number of aryl methyl sites for hydroxylation is 1. The van der Waals surface area contributed by atoms with Gasteiger partial charge in [0.25, 0.3) is 5.91 Å². The highest BCUT2D eigenvalue weighted by Crippen LogP contribution is 2.18. The summed E-state index contributed by atoms with van der Waals surface area (Å²) in [6.07, 6.45) is 0.944. The lowest BCUT2D eigenvalue weighted by molar-refractivity contribution is 0.0820. The van der Waals surface area contributed by atoms with Crippen LogP contribution in [0.25, 0.3) is 0 Å². The van der Waals surface area contributed by atoms with E-state index < -0.39 is 0 Å². The van der Waals surface area contributed by atoms with Crippen LogP contribution in [0.4, 0.5) is 0 Å². The van der Waals surface area contributed by atoms with E-state index in [-0.39, 0.29) is 5.91 Å². The molecule has 5 nitrogen and oxygen atoms in total. The van der Waals surface area contributed by atoms with E-state index in [9.17, 15) is 4.79 Å². The Kier molecular flexibility index (Phi) is 2.48. The Bertz CT molecular complexity index is 394. The fraction of sp³-hybridized carbons (Fsp3) is 0.600. The minimum absolute atomic E-state index is 0.0180. The van der Waals surface area contributed by atoms with Gasteiger partial charge in [0.05, 0.1) is 0 Å². The number of amides is 1. The van der Waals surface area contributed by atoms with Crippen molar-refractivity contribution in [2.75, 3.05) is 20.6 Å². The monoisotopic (exact) mass is 208 g/mol. The summed E-state index contributed by atoms with van der Waals surface area (Å²) >= 11 is 0. The molecule has 0 unspecified atom stereocenters. The van der Waals surface area contributed by atoms with Gasteiger partial charge in [0.2, 0.25) is 0 Å². The van der Waals surface area contributed by atoms with E-state index in [2.05, 4.69) is 10.4 Å². The molecule has 1 N–H and O–H groups in total. The molecule has 1 aliphatic heterocycles. The van der Waals surface area contributed by atoms with Crippen molar-refractivity contribution in [2.45, 2.75) is 13.0 Å².